The highest BCUT2D eigenvalue weighted by molar-refractivity contribution is 7.93. The van der Waals surface area contributed by atoms with Crippen molar-refractivity contribution < 1.29 is 17.9 Å². The molecule has 1 amide bonds. The minimum atomic E-state index is -3.33. The smallest absolute Gasteiger partial charge is 0.237 e. The molecule has 2 N–H and O–H groups in total. The molecule has 0 spiro atoms. The molecule has 1 aromatic carbocycles. The molecule has 0 bridgehead atoms. The minimum Gasteiger partial charge on any atom is -0.494 e. The summed E-state index contributed by atoms with van der Waals surface area (Å²) < 4.78 is 31.8. The Labute approximate surface area is 156 Å². The molecule has 0 saturated heterocycles. The third-order valence-corrected chi connectivity index (χ3v) is 6.44. The van der Waals surface area contributed by atoms with Crippen molar-refractivity contribution in [2.45, 2.75) is 37.9 Å². The van der Waals surface area contributed by atoms with Crippen LogP contribution in [0.3, 0.4) is 0 Å². The number of hydrogen-bond acceptors (Lipinski definition) is 6. The molecule has 9 heteroatoms. The van der Waals surface area contributed by atoms with E-state index in [2.05, 4.69) is 15.0 Å². The van der Waals surface area contributed by atoms with Gasteiger partial charge in [0.05, 0.1) is 24.0 Å². The number of amides is 1. The maximum Gasteiger partial charge on any atom is 0.237 e. The summed E-state index contributed by atoms with van der Waals surface area (Å²) in [6, 6.07) is 7.20. The fourth-order valence-corrected chi connectivity index (χ4v) is 4.58. The van der Waals surface area contributed by atoms with Crippen LogP contribution in [-0.2, 0) is 21.2 Å². The van der Waals surface area contributed by atoms with Crippen molar-refractivity contribution in [2.24, 2.45) is 0 Å². The van der Waals surface area contributed by atoms with Gasteiger partial charge in [-0.15, -0.1) is 11.3 Å². The van der Waals surface area contributed by atoms with E-state index in [0.29, 0.717) is 41.7 Å². The first kappa shape index (κ1) is 18.7. The number of nitrogens with zero attached hydrogens (tertiary/aromatic N) is 1. The van der Waals surface area contributed by atoms with E-state index in [1.807, 2.05) is 19.1 Å². The normalized spacial score (nSPS) is 14.0. The van der Waals surface area contributed by atoms with E-state index in [-0.39, 0.29) is 17.6 Å². The van der Waals surface area contributed by atoms with Crippen molar-refractivity contribution >= 4 is 38.1 Å². The van der Waals surface area contributed by atoms with Crippen LogP contribution in [-0.4, -0.2) is 31.2 Å². The maximum atomic E-state index is 12.2. The van der Waals surface area contributed by atoms with Crippen LogP contribution in [0.1, 0.15) is 31.9 Å². The average molecular weight is 396 g/mol. The van der Waals surface area contributed by atoms with Crippen LogP contribution in [0.2, 0.25) is 0 Å². The summed E-state index contributed by atoms with van der Waals surface area (Å²) in [5, 5.41) is 4.48. The SMILES string of the molecule is CCCOc1cccc(NC(=O)Cc2csc(NS(=O)(=O)C3CC3)n2)c1. The second-order valence-corrected chi connectivity index (χ2v) is 8.91. The van der Waals surface area contributed by atoms with Crippen LogP contribution in [0.5, 0.6) is 5.75 Å². The van der Waals surface area contributed by atoms with Crippen molar-refractivity contribution in [3.8, 4) is 5.75 Å². The highest BCUT2D eigenvalue weighted by Gasteiger charge is 2.36. The third-order valence-electron chi connectivity index (χ3n) is 3.68. The molecule has 1 fully saturated rings. The molecule has 1 saturated carbocycles. The van der Waals surface area contributed by atoms with Crippen LogP contribution < -0.4 is 14.8 Å². The van der Waals surface area contributed by atoms with Crippen molar-refractivity contribution in [3.63, 3.8) is 0 Å². The first-order chi connectivity index (χ1) is 12.5. The number of rotatable bonds is 9. The van der Waals surface area contributed by atoms with Crippen LogP contribution in [0.25, 0.3) is 0 Å². The predicted molar refractivity (Wildman–Crippen MR) is 102 cm³/mol. The Bertz CT molecular complexity index is 876. The molecule has 0 atom stereocenters. The number of anilines is 2. The molecule has 7 nitrogen and oxygen atoms in total. The number of nitrogens with one attached hydrogen (secondary N) is 2. The fraction of sp³-hybridized carbons (Fsp3) is 0.412. The van der Waals surface area contributed by atoms with Gasteiger partial charge in [0.25, 0.3) is 0 Å². The minimum absolute atomic E-state index is 0.0711. The van der Waals surface area contributed by atoms with Crippen LogP contribution in [0, 0.1) is 0 Å². The summed E-state index contributed by atoms with van der Waals surface area (Å²) in [6.45, 7) is 2.65. The predicted octanol–water partition coefficient (Wildman–Crippen LogP) is 3.02. The van der Waals surface area contributed by atoms with Gasteiger partial charge < -0.3 is 10.1 Å². The second kappa shape index (κ2) is 8.05. The molecule has 1 aromatic heterocycles. The average Bonchev–Trinajstić information content (AvgIpc) is 3.37. The Hall–Kier alpha value is -2.13. The van der Waals surface area contributed by atoms with Gasteiger partial charge in [0, 0.05) is 17.1 Å². The van der Waals surface area contributed by atoms with Gasteiger partial charge in [-0.25, -0.2) is 13.4 Å². The van der Waals surface area contributed by atoms with Crippen molar-refractivity contribution in [1.82, 2.24) is 4.98 Å². The Kier molecular flexibility index (Phi) is 5.77. The molecular weight excluding hydrogens is 374 g/mol. The van der Waals surface area contributed by atoms with Crippen molar-refractivity contribution in [1.29, 1.82) is 0 Å². The monoisotopic (exact) mass is 395 g/mol. The number of sulfonamides is 1. The summed E-state index contributed by atoms with van der Waals surface area (Å²) in [4.78, 5) is 16.4. The van der Waals surface area contributed by atoms with Gasteiger partial charge in [-0.2, -0.15) is 0 Å². The Morgan fingerprint density at radius 3 is 2.92 bits per heavy atom. The topological polar surface area (TPSA) is 97.4 Å². The summed E-state index contributed by atoms with van der Waals surface area (Å²) in [5.74, 6) is 0.481. The zero-order valence-corrected chi connectivity index (χ0v) is 16.0. The summed E-state index contributed by atoms with van der Waals surface area (Å²) in [6.07, 6.45) is 2.36. The van der Waals surface area contributed by atoms with Gasteiger partial charge in [0.1, 0.15) is 5.75 Å². The van der Waals surface area contributed by atoms with Gasteiger partial charge in [0.2, 0.25) is 15.9 Å². The van der Waals surface area contributed by atoms with Gasteiger partial charge in [-0.1, -0.05) is 13.0 Å². The Balaban J connectivity index is 1.55. The van der Waals surface area contributed by atoms with Crippen LogP contribution >= 0.6 is 11.3 Å². The molecule has 140 valence electrons. The second-order valence-electron chi connectivity index (χ2n) is 6.09. The highest BCUT2D eigenvalue weighted by atomic mass is 32.2. The highest BCUT2D eigenvalue weighted by Crippen LogP contribution is 2.30. The van der Waals surface area contributed by atoms with E-state index in [1.54, 1.807) is 17.5 Å². The van der Waals surface area contributed by atoms with E-state index in [4.69, 9.17) is 4.74 Å². The molecule has 2 aromatic rings. The molecule has 3 rings (SSSR count). The standard InChI is InChI=1S/C17H21N3O4S2/c1-2-8-24-14-5-3-4-12(9-14)18-16(21)10-13-11-25-17(19-13)20-26(22,23)15-6-7-15/h3-5,9,11,15H,2,6-8,10H2,1H3,(H,18,21)(H,19,20). The molecule has 0 radical (unpaired) electrons. The van der Waals surface area contributed by atoms with E-state index in [0.717, 1.165) is 6.42 Å². The molecule has 1 aliphatic rings. The van der Waals surface area contributed by atoms with E-state index in [9.17, 15) is 13.2 Å². The maximum absolute atomic E-state index is 12.2. The van der Waals surface area contributed by atoms with Crippen LogP contribution in [0.4, 0.5) is 10.8 Å². The molecule has 1 heterocycles. The number of thiazole rings is 1. The molecular formula is C17H21N3O4S2. The summed E-state index contributed by atoms with van der Waals surface area (Å²) in [5.41, 5.74) is 1.17. The van der Waals surface area contributed by atoms with Gasteiger partial charge in [0.15, 0.2) is 5.13 Å². The number of aromatic nitrogens is 1. The first-order valence-corrected chi connectivity index (χ1v) is 10.9. The quantitative estimate of drug-likeness (QED) is 0.680. The zero-order chi connectivity index (χ0) is 18.6. The molecule has 0 aliphatic heterocycles. The largest absolute Gasteiger partial charge is 0.494 e. The number of carbonyl (C=O) groups excluding carboxylic acids is 1. The van der Waals surface area contributed by atoms with Crippen molar-refractivity contribution in [3.05, 3.63) is 35.3 Å². The molecule has 26 heavy (non-hydrogen) atoms. The van der Waals surface area contributed by atoms with E-state index >= 15 is 0 Å². The van der Waals surface area contributed by atoms with Crippen molar-refractivity contribution in [2.75, 3.05) is 16.6 Å². The number of benzene rings is 1. The first-order valence-electron chi connectivity index (χ1n) is 8.45. The number of hydrogen-bond donors (Lipinski definition) is 2. The Morgan fingerprint density at radius 2 is 2.19 bits per heavy atom. The van der Waals surface area contributed by atoms with Crippen LogP contribution in [0.15, 0.2) is 29.6 Å². The number of ether oxygens (including phenoxy) is 1. The lowest BCUT2D eigenvalue weighted by Crippen LogP contribution is -2.17. The number of carbonyl (C=O) groups is 1. The molecule has 0 unspecified atom stereocenters. The Morgan fingerprint density at radius 1 is 1.38 bits per heavy atom. The van der Waals surface area contributed by atoms with Gasteiger partial charge >= 0.3 is 0 Å². The lowest BCUT2D eigenvalue weighted by atomic mass is 10.2. The van der Waals surface area contributed by atoms with Gasteiger partial charge in [-0.05, 0) is 31.4 Å². The fourth-order valence-electron chi connectivity index (χ4n) is 2.27. The third kappa shape index (κ3) is 5.18. The summed E-state index contributed by atoms with van der Waals surface area (Å²) >= 11 is 1.18. The summed E-state index contributed by atoms with van der Waals surface area (Å²) in [7, 11) is -3.33. The zero-order valence-electron chi connectivity index (χ0n) is 14.4. The van der Waals surface area contributed by atoms with E-state index in [1.165, 1.54) is 11.3 Å². The van der Waals surface area contributed by atoms with E-state index < -0.39 is 10.0 Å². The lowest BCUT2D eigenvalue weighted by molar-refractivity contribution is -0.115. The lowest BCUT2D eigenvalue weighted by Gasteiger charge is -2.08. The molecule has 1 aliphatic carbocycles. The van der Waals surface area contributed by atoms with Gasteiger partial charge in [-0.3, -0.25) is 9.52 Å².